The van der Waals surface area contributed by atoms with Crippen LogP contribution in [0.15, 0.2) is 42.5 Å². The first kappa shape index (κ1) is 11.5. The molecule has 3 heteroatoms. The number of aromatic amines is 1. The minimum Gasteiger partial charge on any atom is -0.338 e. The Balaban J connectivity index is 2.12. The van der Waals surface area contributed by atoms with Crippen molar-refractivity contribution in [1.82, 2.24) is 9.97 Å². The van der Waals surface area contributed by atoms with Gasteiger partial charge < -0.3 is 4.98 Å². The number of aryl methyl sites for hydroxylation is 1. The predicted molar refractivity (Wildman–Crippen MR) is 75.6 cm³/mol. The second-order valence-electron chi connectivity index (χ2n) is 4.48. The Labute approximate surface area is 111 Å². The number of imidazole rings is 1. The Morgan fingerprint density at radius 2 is 2.11 bits per heavy atom. The average Bonchev–Trinajstić information content (AvgIpc) is 2.90. The van der Waals surface area contributed by atoms with E-state index in [0.29, 0.717) is 5.56 Å². The smallest absolute Gasteiger partial charge is 0.138 e. The minimum absolute atomic E-state index is 0.646. The van der Waals surface area contributed by atoms with Crippen molar-refractivity contribution in [3.63, 3.8) is 0 Å². The third-order valence-corrected chi connectivity index (χ3v) is 3.22. The minimum atomic E-state index is 0.646. The van der Waals surface area contributed by atoms with Crippen molar-refractivity contribution >= 4 is 11.0 Å². The highest BCUT2D eigenvalue weighted by molar-refractivity contribution is 5.80. The number of hydrogen-bond acceptors (Lipinski definition) is 2. The number of nitrogens with one attached hydrogen (secondary N) is 1. The Bertz CT molecular complexity index is 778. The van der Waals surface area contributed by atoms with Gasteiger partial charge in [0.05, 0.1) is 22.7 Å². The molecule has 1 heterocycles. The molecule has 0 aliphatic carbocycles. The highest BCUT2D eigenvalue weighted by Crippen LogP contribution is 2.22. The summed E-state index contributed by atoms with van der Waals surface area (Å²) in [7, 11) is 0. The highest BCUT2D eigenvalue weighted by Gasteiger charge is 2.06. The maximum atomic E-state index is 8.94. The van der Waals surface area contributed by atoms with E-state index < -0.39 is 0 Å². The number of fused-ring (bicyclic) bond motifs is 1. The van der Waals surface area contributed by atoms with Gasteiger partial charge >= 0.3 is 0 Å². The number of H-pyrrole nitrogens is 1. The van der Waals surface area contributed by atoms with Gasteiger partial charge in [0.25, 0.3) is 0 Å². The van der Waals surface area contributed by atoms with E-state index in [2.05, 4.69) is 35.1 Å². The second kappa shape index (κ2) is 4.58. The van der Waals surface area contributed by atoms with Gasteiger partial charge in [0, 0.05) is 5.56 Å². The second-order valence-corrected chi connectivity index (χ2v) is 4.48. The third-order valence-electron chi connectivity index (χ3n) is 3.22. The number of nitriles is 1. The fourth-order valence-corrected chi connectivity index (χ4v) is 2.15. The molecule has 1 aromatic heterocycles. The monoisotopic (exact) mass is 247 g/mol. The zero-order chi connectivity index (χ0) is 13.2. The van der Waals surface area contributed by atoms with E-state index in [1.54, 1.807) is 6.07 Å². The average molecular weight is 247 g/mol. The van der Waals surface area contributed by atoms with Crippen LogP contribution in [0.25, 0.3) is 22.4 Å². The van der Waals surface area contributed by atoms with Crippen molar-refractivity contribution in [3.05, 3.63) is 53.6 Å². The van der Waals surface area contributed by atoms with Crippen molar-refractivity contribution in [2.24, 2.45) is 0 Å². The maximum Gasteiger partial charge on any atom is 0.138 e. The van der Waals surface area contributed by atoms with Crippen LogP contribution in [0.3, 0.4) is 0 Å². The Hall–Kier alpha value is -2.60. The van der Waals surface area contributed by atoms with Crippen LogP contribution in [0, 0.1) is 11.3 Å². The van der Waals surface area contributed by atoms with Gasteiger partial charge in [-0.25, -0.2) is 4.98 Å². The van der Waals surface area contributed by atoms with Crippen LogP contribution in [0.2, 0.25) is 0 Å². The number of aromatic nitrogens is 2. The molecule has 1 N–H and O–H groups in total. The van der Waals surface area contributed by atoms with Crippen molar-refractivity contribution in [2.45, 2.75) is 13.3 Å². The zero-order valence-electron chi connectivity index (χ0n) is 10.6. The Morgan fingerprint density at radius 1 is 1.21 bits per heavy atom. The summed E-state index contributed by atoms with van der Waals surface area (Å²) in [4.78, 5) is 7.89. The lowest BCUT2D eigenvalue weighted by atomic mass is 10.1. The number of benzene rings is 2. The van der Waals surface area contributed by atoms with Crippen molar-refractivity contribution in [1.29, 1.82) is 5.26 Å². The molecule has 3 rings (SSSR count). The van der Waals surface area contributed by atoms with E-state index in [1.165, 1.54) is 5.56 Å². The van der Waals surface area contributed by atoms with E-state index in [1.807, 2.05) is 24.3 Å². The molecule has 3 nitrogen and oxygen atoms in total. The summed E-state index contributed by atoms with van der Waals surface area (Å²) in [6.07, 6.45) is 1.01. The van der Waals surface area contributed by atoms with Crippen molar-refractivity contribution in [3.8, 4) is 17.5 Å². The highest BCUT2D eigenvalue weighted by atomic mass is 14.9. The first-order valence-electron chi connectivity index (χ1n) is 6.29. The summed E-state index contributed by atoms with van der Waals surface area (Å²) in [5.41, 5.74) is 4.86. The van der Waals surface area contributed by atoms with Gasteiger partial charge in [0.1, 0.15) is 5.82 Å². The molecule has 19 heavy (non-hydrogen) atoms. The van der Waals surface area contributed by atoms with E-state index in [4.69, 9.17) is 5.26 Å². The van der Waals surface area contributed by atoms with Crippen molar-refractivity contribution in [2.75, 3.05) is 0 Å². The fraction of sp³-hybridized carbons (Fsp3) is 0.125. The standard InChI is InChI=1S/C16H13N3/c1-2-11-6-7-14-15(9-11)19-16(18-14)13-5-3-4-12(8-13)10-17/h3-9H,2H2,1H3,(H,18,19). The lowest BCUT2D eigenvalue weighted by Crippen LogP contribution is -1.81. The first-order chi connectivity index (χ1) is 9.30. The Morgan fingerprint density at radius 3 is 2.89 bits per heavy atom. The number of rotatable bonds is 2. The summed E-state index contributed by atoms with van der Waals surface area (Å²) >= 11 is 0. The summed E-state index contributed by atoms with van der Waals surface area (Å²) in [6.45, 7) is 2.13. The quantitative estimate of drug-likeness (QED) is 0.751. The van der Waals surface area contributed by atoms with Gasteiger partial charge in [-0.15, -0.1) is 0 Å². The molecule has 3 aromatic rings. The lowest BCUT2D eigenvalue weighted by molar-refractivity contribution is 1.14. The van der Waals surface area contributed by atoms with Gasteiger partial charge in [0.2, 0.25) is 0 Å². The lowest BCUT2D eigenvalue weighted by Gasteiger charge is -1.96. The molecule has 0 radical (unpaired) electrons. The summed E-state index contributed by atoms with van der Waals surface area (Å²) in [6, 6.07) is 15.9. The molecule has 0 saturated carbocycles. The van der Waals surface area contributed by atoms with Crippen LogP contribution in [-0.2, 0) is 6.42 Å². The van der Waals surface area contributed by atoms with Crippen LogP contribution in [0.5, 0.6) is 0 Å². The van der Waals surface area contributed by atoms with Crippen LogP contribution in [-0.4, -0.2) is 9.97 Å². The molecule has 0 atom stereocenters. The summed E-state index contributed by atoms with van der Waals surface area (Å²) in [5.74, 6) is 0.806. The molecular formula is C16H13N3. The van der Waals surface area contributed by atoms with Gasteiger partial charge in [-0.3, -0.25) is 0 Å². The molecule has 0 unspecified atom stereocenters. The van der Waals surface area contributed by atoms with E-state index in [9.17, 15) is 0 Å². The third kappa shape index (κ3) is 2.09. The van der Waals surface area contributed by atoms with Crippen LogP contribution in [0.4, 0.5) is 0 Å². The molecule has 0 fully saturated rings. The maximum absolute atomic E-state index is 8.94. The molecule has 2 aromatic carbocycles. The predicted octanol–water partition coefficient (Wildman–Crippen LogP) is 3.66. The molecule has 0 bridgehead atoms. The zero-order valence-corrected chi connectivity index (χ0v) is 10.6. The SMILES string of the molecule is CCc1ccc2nc(-c3cccc(C#N)c3)[nH]c2c1. The molecule has 0 saturated heterocycles. The van der Waals surface area contributed by atoms with Crippen LogP contribution < -0.4 is 0 Å². The summed E-state index contributed by atoms with van der Waals surface area (Å²) in [5, 5.41) is 8.94. The normalized spacial score (nSPS) is 10.5. The number of hydrogen-bond donors (Lipinski definition) is 1. The molecule has 92 valence electrons. The van der Waals surface area contributed by atoms with Crippen molar-refractivity contribution < 1.29 is 0 Å². The van der Waals surface area contributed by atoms with Crippen LogP contribution in [0.1, 0.15) is 18.1 Å². The first-order valence-corrected chi connectivity index (χ1v) is 6.29. The van der Waals surface area contributed by atoms with Gasteiger partial charge in [-0.1, -0.05) is 25.1 Å². The molecule has 0 spiro atoms. The van der Waals surface area contributed by atoms with Gasteiger partial charge in [0.15, 0.2) is 0 Å². The van der Waals surface area contributed by atoms with E-state index in [0.717, 1.165) is 28.8 Å². The molecule has 0 aliphatic rings. The number of nitrogens with zero attached hydrogens (tertiary/aromatic N) is 2. The van der Waals surface area contributed by atoms with Gasteiger partial charge in [-0.2, -0.15) is 5.26 Å². The topological polar surface area (TPSA) is 52.5 Å². The Kier molecular flexibility index (Phi) is 2.77. The molecule has 0 amide bonds. The summed E-state index contributed by atoms with van der Waals surface area (Å²) < 4.78 is 0. The van der Waals surface area contributed by atoms with E-state index >= 15 is 0 Å². The molecule has 0 aliphatic heterocycles. The largest absolute Gasteiger partial charge is 0.338 e. The van der Waals surface area contributed by atoms with E-state index in [-0.39, 0.29) is 0 Å². The van der Waals surface area contributed by atoms with Gasteiger partial charge in [-0.05, 0) is 36.2 Å². The molecular weight excluding hydrogens is 234 g/mol. The van der Waals surface area contributed by atoms with Crippen LogP contribution >= 0.6 is 0 Å². The fourth-order valence-electron chi connectivity index (χ4n) is 2.15.